The van der Waals surface area contributed by atoms with Crippen LogP contribution in [-0.4, -0.2) is 56.4 Å². The average Bonchev–Trinajstić information content (AvgIpc) is 3.50. The van der Waals surface area contributed by atoms with Crippen LogP contribution in [0.25, 0.3) is 6.08 Å². The third-order valence-electron chi connectivity index (χ3n) is 7.82. The smallest absolute Gasteiger partial charge is 0.252 e. The van der Waals surface area contributed by atoms with Crippen molar-refractivity contribution in [3.05, 3.63) is 131 Å². The first kappa shape index (κ1) is 32.3. The number of nitrogens with one attached hydrogen (secondary N) is 1. The van der Waals surface area contributed by atoms with E-state index in [1.807, 2.05) is 115 Å². The summed E-state index contributed by atoms with van der Waals surface area (Å²) in [7, 11) is 3.21. The van der Waals surface area contributed by atoms with E-state index in [-0.39, 0.29) is 12.5 Å². The van der Waals surface area contributed by atoms with E-state index in [0.29, 0.717) is 55.6 Å². The number of ether oxygens (including phenoxy) is 4. The number of aliphatic hydroxyl groups is 1. The van der Waals surface area contributed by atoms with Gasteiger partial charge in [0.2, 0.25) is 5.90 Å². The van der Waals surface area contributed by atoms with Crippen molar-refractivity contribution in [3.63, 3.8) is 0 Å². The molecule has 0 saturated heterocycles. The minimum Gasteiger partial charge on any atom is -0.494 e. The summed E-state index contributed by atoms with van der Waals surface area (Å²) in [5.74, 6) is 2.14. The Kier molecular flexibility index (Phi) is 11.1. The molecule has 1 aliphatic rings. The molecule has 1 aliphatic heterocycles. The van der Waals surface area contributed by atoms with Gasteiger partial charge in [-0.2, -0.15) is 0 Å². The molecule has 8 heteroatoms. The molecule has 0 radical (unpaired) electrons. The van der Waals surface area contributed by atoms with E-state index in [0.717, 1.165) is 22.3 Å². The van der Waals surface area contributed by atoms with E-state index in [1.54, 1.807) is 14.2 Å². The first-order valence-electron chi connectivity index (χ1n) is 15.4. The van der Waals surface area contributed by atoms with Crippen molar-refractivity contribution in [2.75, 3.05) is 34.0 Å². The largest absolute Gasteiger partial charge is 0.494 e. The van der Waals surface area contributed by atoms with E-state index in [2.05, 4.69) is 5.32 Å². The fourth-order valence-electron chi connectivity index (χ4n) is 5.39. The summed E-state index contributed by atoms with van der Waals surface area (Å²) in [6.07, 6.45) is 4.80. The highest BCUT2D eigenvalue weighted by molar-refractivity contribution is 6.01. The van der Waals surface area contributed by atoms with Crippen LogP contribution in [-0.2, 0) is 16.0 Å². The van der Waals surface area contributed by atoms with Crippen LogP contribution in [0, 0.1) is 0 Å². The zero-order chi connectivity index (χ0) is 32.2. The second-order valence-electron chi connectivity index (χ2n) is 10.9. The molecule has 2 atom stereocenters. The number of nitrogens with zero attached hydrogens (tertiary/aromatic N) is 1. The van der Waals surface area contributed by atoms with Crippen molar-refractivity contribution in [2.45, 2.75) is 30.9 Å². The van der Waals surface area contributed by atoms with E-state index in [1.165, 1.54) is 0 Å². The highest BCUT2D eigenvalue weighted by atomic mass is 16.5. The Hall–Kier alpha value is -5.08. The van der Waals surface area contributed by atoms with Gasteiger partial charge in [0.15, 0.2) is 23.1 Å². The molecule has 5 rings (SSSR count). The second kappa shape index (κ2) is 15.8. The number of hydrogen-bond acceptors (Lipinski definition) is 7. The normalized spacial score (nSPS) is 17.3. The van der Waals surface area contributed by atoms with Gasteiger partial charge in [-0.05, 0) is 59.5 Å². The van der Waals surface area contributed by atoms with Crippen LogP contribution in [0.1, 0.15) is 41.2 Å². The number of benzene rings is 4. The van der Waals surface area contributed by atoms with Gasteiger partial charge in [0, 0.05) is 31.6 Å². The predicted octanol–water partition coefficient (Wildman–Crippen LogP) is 6.18. The minimum atomic E-state index is -1.27. The Morgan fingerprint density at radius 1 is 0.935 bits per heavy atom. The van der Waals surface area contributed by atoms with Crippen LogP contribution in [0.4, 0.5) is 0 Å². The molecule has 4 aromatic carbocycles. The Morgan fingerprint density at radius 3 is 2.35 bits per heavy atom. The second-order valence-corrected chi connectivity index (χ2v) is 10.9. The van der Waals surface area contributed by atoms with E-state index >= 15 is 0 Å². The van der Waals surface area contributed by atoms with Gasteiger partial charge in [-0.1, -0.05) is 78.9 Å². The quantitative estimate of drug-likeness (QED) is 0.154. The van der Waals surface area contributed by atoms with Gasteiger partial charge < -0.3 is 29.4 Å². The molecule has 8 nitrogen and oxygen atoms in total. The lowest BCUT2D eigenvalue weighted by Crippen LogP contribution is -2.48. The summed E-state index contributed by atoms with van der Waals surface area (Å²) in [6.45, 7) is 0.884. The van der Waals surface area contributed by atoms with Gasteiger partial charge in [-0.15, -0.1) is 0 Å². The number of methoxy groups -OCH3 is 2. The van der Waals surface area contributed by atoms with Crippen LogP contribution in [0.3, 0.4) is 0 Å². The summed E-state index contributed by atoms with van der Waals surface area (Å²) in [6, 6.07) is 32.9. The van der Waals surface area contributed by atoms with Crippen molar-refractivity contribution in [1.29, 1.82) is 0 Å². The van der Waals surface area contributed by atoms with E-state index in [9.17, 15) is 4.79 Å². The summed E-state index contributed by atoms with van der Waals surface area (Å²) in [5.41, 5.74) is 2.36. The lowest BCUT2D eigenvalue weighted by atomic mass is 9.84. The van der Waals surface area contributed by atoms with E-state index in [4.69, 9.17) is 29.0 Å². The highest BCUT2D eigenvalue weighted by Gasteiger charge is 2.52. The molecule has 0 unspecified atom stereocenters. The van der Waals surface area contributed by atoms with Gasteiger partial charge in [0.05, 0.1) is 20.8 Å². The van der Waals surface area contributed by atoms with Crippen molar-refractivity contribution in [1.82, 2.24) is 5.32 Å². The molecule has 0 aromatic heterocycles. The summed E-state index contributed by atoms with van der Waals surface area (Å²) in [4.78, 5) is 19.4. The van der Waals surface area contributed by atoms with E-state index < -0.39 is 11.6 Å². The first-order valence-corrected chi connectivity index (χ1v) is 15.4. The van der Waals surface area contributed by atoms with Crippen LogP contribution in [0.15, 0.2) is 114 Å². The molecule has 0 fully saturated rings. The number of carbonyl (C=O) groups is 1. The molecule has 0 spiro atoms. The molecule has 1 amide bonds. The lowest BCUT2D eigenvalue weighted by molar-refractivity contribution is -0.128. The summed E-state index contributed by atoms with van der Waals surface area (Å²) >= 11 is 0. The molecule has 46 heavy (non-hydrogen) atoms. The van der Waals surface area contributed by atoms with Crippen molar-refractivity contribution >= 4 is 17.9 Å². The summed E-state index contributed by atoms with van der Waals surface area (Å²) < 4.78 is 23.1. The van der Waals surface area contributed by atoms with Crippen LogP contribution in [0.5, 0.6) is 17.2 Å². The zero-order valence-electron chi connectivity index (χ0n) is 26.2. The molecule has 0 saturated carbocycles. The fraction of sp³-hybridized carbons (Fsp3) is 0.263. The Balaban J connectivity index is 1.45. The molecular weight excluding hydrogens is 580 g/mol. The van der Waals surface area contributed by atoms with Crippen LogP contribution < -0.4 is 19.5 Å². The molecular formula is C38H40N2O6. The number of amides is 1. The van der Waals surface area contributed by atoms with Crippen LogP contribution in [0.2, 0.25) is 0 Å². The molecule has 0 bridgehead atoms. The number of aliphatic hydroxyl groups excluding tert-OH is 1. The zero-order valence-corrected chi connectivity index (χ0v) is 26.2. The standard InChI is InChI=1S/C38H40N2O6/c1-43-33-21-16-29(27-34(33)44-2)22-24-39-37(42)38(23-9-13-28-11-5-3-6-12-28)35(30-14-7-4-8-15-30)46-36(40-38)31-17-19-32(20-18-31)45-26-10-25-41/h3-9,11-21,27,35,41H,10,22-26H2,1-2H3,(H,39,42)/b13-9+/t35-,38-/m1/s1. The average molecular weight is 621 g/mol. The minimum absolute atomic E-state index is 0.0702. The Labute approximate surface area is 270 Å². The van der Waals surface area contributed by atoms with Crippen molar-refractivity contribution in [3.8, 4) is 17.2 Å². The molecule has 1 heterocycles. The van der Waals surface area contributed by atoms with Crippen LogP contribution >= 0.6 is 0 Å². The lowest BCUT2D eigenvalue weighted by Gasteiger charge is -2.29. The maximum absolute atomic E-state index is 14.4. The monoisotopic (exact) mass is 620 g/mol. The van der Waals surface area contributed by atoms with Gasteiger partial charge in [-0.25, -0.2) is 4.99 Å². The Bertz CT molecular complexity index is 1620. The van der Waals surface area contributed by atoms with Crippen molar-refractivity contribution < 1.29 is 28.8 Å². The molecule has 238 valence electrons. The molecule has 0 aliphatic carbocycles. The van der Waals surface area contributed by atoms with Gasteiger partial charge >= 0.3 is 0 Å². The third kappa shape index (κ3) is 7.76. The maximum Gasteiger partial charge on any atom is 0.252 e. The number of hydrogen-bond donors (Lipinski definition) is 2. The van der Waals surface area contributed by atoms with Gasteiger partial charge in [0.1, 0.15) is 5.75 Å². The fourth-order valence-corrected chi connectivity index (χ4v) is 5.39. The Morgan fingerprint density at radius 2 is 1.65 bits per heavy atom. The SMILES string of the molecule is COc1ccc(CCNC(=O)[C@]2(C/C=C/c3ccccc3)N=C(c3ccc(OCCCO)cc3)O[C@@H]2c2ccccc2)cc1OC. The van der Waals surface area contributed by atoms with Gasteiger partial charge in [0.25, 0.3) is 5.91 Å². The number of carbonyl (C=O) groups excluding carboxylic acids is 1. The highest BCUT2D eigenvalue weighted by Crippen LogP contribution is 2.43. The topological polar surface area (TPSA) is 98.6 Å². The molecule has 2 N–H and O–H groups in total. The third-order valence-corrected chi connectivity index (χ3v) is 7.82. The number of rotatable bonds is 15. The summed E-state index contributed by atoms with van der Waals surface area (Å²) in [5, 5.41) is 12.2. The number of aliphatic imine (C=N–C) groups is 1. The van der Waals surface area contributed by atoms with Crippen molar-refractivity contribution in [2.24, 2.45) is 4.99 Å². The molecule has 4 aromatic rings. The predicted molar refractivity (Wildman–Crippen MR) is 180 cm³/mol. The maximum atomic E-state index is 14.4. The van der Waals surface area contributed by atoms with Gasteiger partial charge in [-0.3, -0.25) is 4.79 Å². The first-order chi connectivity index (χ1) is 22.6.